The summed E-state index contributed by atoms with van der Waals surface area (Å²) in [4.78, 5) is 26.7. The highest BCUT2D eigenvalue weighted by Gasteiger charge is 2.23. The Morgan fingerprint density at radius 3 is 2.04 bits per heavy atom. The fraction of sp³-hybridized carbons (Fsp3) is 0.579. The van der Waals surface area contributed by atoms with Crippen LogP contribution in [-0.2, 0) is 4.79 Å². The molecule has 1 aromatic rings. The van der Waals surface area contributed by atoms with Gasteiger partial charge in [0.15, 0.2) is 11.5 Å². The molecule has 1 heterocycles. The Balaban J connectivity index is 1.96. The average molecular weight is 379 g/mol. The Kier molecular flexibility index (Phi) is 7.29. The summed E-state index contributed by atoms with van der Waals surface area (Å²) < 4.78 is 15.7. The maximum Gasteiger partial charge on any atom is 0.269 e. The van der Waals surface area contributed by atoms with Crippen LogP contribution in [0.4, 0.5) is 0 Å². The third-order valence-electron chi connectivity index (χ3n) is 4.55. The van der Waals surface area contributed by atoms with Gasteiger partial charge in [0.2, 0.25) is 5.75 Å². The minimum Gasteiger partial charge on any atom is -0.493 e. The van der Waals surface area contributed by atoms with Gasteiger partial charge in [-0.2, -0.15) is 0 Å². The van der Waals surface area contributed by atoms with Crippen LogP contribution >= 0.6 is 0 Å². The first kappa shape index (κ1) is 20.8. The van der Waals surface area contributed by atoms with E-state index in [4.69, 9.17) is 14.2 Å². The number of benzene rings is 1. The van der Waals surface area contributed by atoms with Gasteiger partial charge in [-0.3, -0.25) is 25.3 Å². The van der Waals surface area contributed by atoms with Crippen molar-refractivity contribution in [2.75, 3.05) is 41.0 Å². The van der Waals surface area contributed by atoms with Gasteiger partial charge in [0.25, 0.3) is 11.8 Å². The number of nitrogens with one attached hydrogen (secondary N) is 2. The molecule has 1 saturated heterocycles. The highest BCUT2D eigenvalue weighted by molar-refractivity contribution is 5.96. The third kappa shape index (κ3) is 5.50. The lowest BCUT2D eigenvalue weighted by molar-refractivity contribution is -0.123. The summed E-state index contributed by atoms with van der Waals surface area (Å²) in [6.07, 6.45) is 1.18. The van der Waals surface area contributed by atoms with Crippen LogP contribution in [0, 0.1) is 11.8 Å². The molecule has 0 aromatic heterocycles. The van der Waals surface area contributed by atoms with Gasteiger partial charge in [-0.05, 0) is 30.4 Å². The standard InChI is InChI=1S/C19H29N3O5/c1-12-6-13(2)10-22(9-12)11-17(23)20-21-19(24)14-7-15(25-3)18(27-5)16(8-14)26-4/h7-8,12-13H,6,9-11H2,1-5H3,(H,20,23)(H,21,24)/t12-,13+. The summed E-state index contributed by atoms with van der Waals surface area (Å²) in [6, 6.07) is 3.05. The van der Waals surface area contributed by atoms with E-state index >= 15 is 0 Å². The molecule has 1 aliphatic heterocycles. The molecule has 2 atom stereocenters. The summed E-state index contributed by atoms with van der Waals surface area (Å²) in [5.41, 5.74) is 5.18. The second-order valence-electron chi connectivity index (χ2n) is 7.06. The number of carbonyl (C=O) groups is 2. The zero-order chi connectivity index (χ0) is 20.0. The average Bonchev–Trinajstić information content (AvgIpc) is 2.63. The molecule has 1 aromatic carbocycles. The van der Waals surface area contributed by atoms with Crippen molar-refractivity contribution in [1.29, 1.82) is 0 Å². The van der Waals surface area contributed by atoms with Gasteiger partial charge in [-0.15, -0.1) is 0 Å². The third-order valence-corrected chi connectivity index (χ3v) is 4.55. The Bertz CT molecular complexity index is 644. The van der Waals surface area contributed by atoms with Crippen molar-refractivity contribution >= 4 is 11.8 Å². The van der Waals surface area contributed by atoms with Gasteiger partial charge in [0.1, 0.15) is 0 Å². The minimum absolute atomic E-state index is 0.253. The SMILES string of the molecule is COc1cc(C(=O)NNC(=O)CN2C[C@H](C)C[C@H](C)C2)cc(OC)c1OC. The van der Waals surface area contributed by atoms with E-state index in [1.807, 2.05) is 0 Å². The molecule has 0 bridgehead atoms. The van der Waals surface area contributed by atoms with Gasteiger partial charge in [-0.25, -0.2) is 0 Å². The van der Waals surface area contributed by atoms with Gasteiger partial charge in [0, 0.05) is 18.7 Å². The van der Waals surface area contributed by atoms with Crippen molar-refractivity contribution < 1.29 is 23.8 Å². The zero-order valence-corrected chi connectivity index (χ0v) is 16.6. The molecule has 2 rings (SSSR count). The fourth-order valence-corrected chi connectivity index (χ4v) is 3.57. The number of hydrogen-bond donors (Lipinski definition) is 2. The highest BCUT2D eigenvalue weighted by Crippen LogP contribution is 2.38. The van der Waals surface area contributed by atoms with Crippen molar-refractivity contribution in [2.24, 2.45) is 11.8 Å². The van der Waals surface area contributed by atoms with Gasteiger partial charge in [0.05, 0.1) is 27.9 Å². The number of methoxy groups -OCH3 is 3. The van der Waals surface area contributed by atoms with E-state index in [1.165, 1.54) is 39.9 Å². The van der Waals surface area contributed by atoms with E-state index in [0.29, 0.717) is 29.1 Å². The first-order valence-electron chi connectivity index (χ1n) is 8.99. The highest BCUT2D eigenvalue weighted by atomic mass is 16.5. The van der Waals surface area contributed by atoms with Crippen LogP contribution in [0.2, 0.25) is 0 Å². The molecule has 1 fully saturated rings. The number of rotatable bonds is 6. The van der Waals surface area contributed by atoms with Crippen LogP contribution < -0.4 is 25.1 Å². The molecule has 150 valence electrons. The molecule has 1 aliphatic rings. The molecular weight excluding hydrogens is 350 g/mol. The van der Waals surface area contributed by atoms with Gasteiger partial charge in [-0.1, -0.05) is 13.8 Å². The number of carbonyl (C=O) groups excluding carboxylic acids is 2. The summed E-state index contributed by atoms with van der Waals surface area (Å²) in [7, 11) is 4.44. The second-order valence-corrected chi connectivity index (χ2v) is 7.06. The molecule has 0 spiro atoms. The molecule has 2 N–H and O–H groups in total. The van der Waals surface area contributed by atoms with Crippen molar-refractivity contribution in [1.82, 2.24) is 15.8 Å². The largest absolute Gasteiger partial charge is 0.493 e. The fourth-order valence-electron chi connectivity index (χ4n) is 3.57. The molecule has 27 heavy (non-hydrogen) atoms. The number of likely N-dealkylation sites (tertiary alicyclic amines) is 1. The van der Waals surface area contributed by atoms with Crippen LogP contribution in [0.3, 0.4) is 0 Å². The molecule has 0 saturated carbocycles. The summed E-state index contributed by atoms with van der Waals surface area (Å²) in [6.45, 7) is 6.40. The topological polar surface area (TPSA) is 89.1 Å². The maximum absolute atomic E-state index is 12.4. The van der Waals surface area contributed by atoms with Crippen molar-refractivity contribution in [3.63, 3.8) is 0 Å². The molecule has 0 aliphatic carbocycles. The quantitative estimate of drug-likeness (QED) is 0.728. The first-order chi connectivity index (χ1) is 12.9. The molecular formula is C19H29N3O5. The molecule has 8 heteroatoms. The van der Waals surface area contributed by atoms with Crippen LogP contribution in [0.15, 0.2) is 12.1 Å². The lowest BCUT2D eigenvalue weighted by atomic mass is 9.92. The Labute approximate surface area is 160 Å². The Morgan fingerprint density at radius 2 is 1.56 bits per heavy atom. The predicted molar refractivity (Wildman–Crippen MR) is 101 cm³/mol. The number of nitrogens with zero attached hydrogens (tertiary/aromatic N) is 1. The number of piperidine rings is 1. The Morgan fingerprint density at radius 1 is 1.00 bits per heavy atom. The van der Waals surface area contributed by atoms with E-state index in [9.17, 15) is 9.59 Å². The van der Waals surface area contributed by atoms with Crippen molar-refractivity contribution in [2.45, 2.75) is 20.3 Å². The van der Waals surface area contributed by atoms with E-state index in [0.717, 1.165) is 13.1 Å². The van der Waals surface area contributed by atoms with Crippen LogP contribution in [-0.4, -0.2) is 57.7 Å². The van der Waals surface area contributed by atoms with E-state index in [1.54, 1.807) is 0 Å². The first-order valence-corrected chi connectivity index (χ1v) is 8.99. The lowest BCUT2D eigenvalue weighted by Crippen LogP contribution is -2.49. The van der Waals surface area contributed by atoms with E-state index in [-0.39, 0.29) is 18.0 Å². The molecule has 8 nitrogen and oxygen atoms in total. The monoisotopic (exact) mass is 379 g/mol. The number of amides is 2. The van der Waals surface area contributed by atoms with E-state index < -0.39 is 5.91 Å². The molecule has 2 amide bonds. The minimum atomic E-state index is -0.469. The smallest absolute Gasteiger partial charge is 0.269 e. The number of ether oxygens (including phenoxy) is 3. The molecule has 0 radical (unpaired) electrons. The van der Waals surface area contributed by atoms with Crippen LogP contribution in [0.1, 0.15) is 30.6 Å². The van der Waals surface area contributed by atoms with Crippen molar-refractivity contribution in [3.05, 3.63) is 17.7 Å². The number of hydrogen-bond acceptors (Lipinski definition) is 6. The summed E-state index contributed by atoms with van der Waals surface area (Å²) in [5, 5.41) is 0. The predicted octanol–water partition coefficient (Wildman–Crippen LogP) is 1.45. The van der Waals surface area contributed by atoms with Gasteiger partial charge < -0.3 is 14.2 Å². The van der Waals surface area contributed by atoms with Crippen molar-refractivity contribution in [3.8, 4) is 17.2 Å². The van der Waals surface area contributed by atoms with Crippen LogP contribution in [0.5, 0.6) is 17.2 Å². The molecule has 0 unspecified atom stereocenters. The maximum atomic E-state index is 12.4. The Hall–Kier alpha value is -2.48. The second kappa shape index (κ2) is 9.45. The zero-order valence-electron chi connectivity index (χ0n) is 16.6. The van der Waals surface area contributed by atoms with Gasteiger partial charge >= 0.3 is 0 Å². The summed E-state index contributed by atoms with van der Waals surface area (Å²) >= 11 is 0. The van der Waals surface area contributed by atoms with Crippen LogP contribution in [0.25, 0.3) is 0 Å². The summed E-state index contributed by atoms with van der Waals surface area (Å²) in [5.74, 6) is 1.54. The normalized spacial score (nSPS) is 19.9. The van der Waals surface area contributed by atoms with E-state index in [2.05, 4.69) is 29.6 Å². The lowest BCUT2D eigenvalue weighted by Gasteiger charge is -2.34. The number of hydrazine groups is 1.